The fourth-order valence-corrected chi connectivity index (χ4v) is 2.37. The zero-order valence-corrected chi connectivity index (χ0v) is 12.2. The van der Waals surface area contributed by atoms with Gasteiger partial charge in [-0.25, -0.2) is 0 Å². The molecule has 0 saturated carbocycles. The van der Waals surface area contributed by atoms with Gasteiger partial charge in [0.15, 0.2) is 0 Å². The quantitative estimate of drug-likeness (QED) is 0.853. The SMILES string of the molecule is CC(C)n1ncc(Cl)c1C(O)c1ccc(Cl)cc1N. The molecule has 1 atom stereocenters. The lowest BCUT2D eigenvalue weighted by Gasteiger charge is -2.18. The van der Waals surface area contributed by atoms with Gasteiger partial charge in [0.2, 0.25) is 0 Å². The van der Waals surface area contributed by atoms with Crippen LogP contribution in [0.1, 0.15) is 37.3 Å². The first-order valence-electron chi connectivity index (χ1n) is 5.87. The zero-order valence-electron chi connectivity index (χ0n) is 10.6. The van der Waals surface area contributed by atoms with Gasteiger partial charge < -0.3 is 10.8 Å². The third kappa shape index (κ3) is 2.71. The minimum Gasteiger partial charge on any atom is -0.398 e. The lowest BCUT2D eigenvalue weighted by atomic mass is 10.0. The highest BCUT2D eigenvalue weighted by atomic mass is 35.5. The number of rotatable bonds is 3. The summed E-state index contributed by atoms with van der Waals surface area (Å²) in [5.41, 5.74) is 7.41. The highest BCUT2D eigenvalue weighted by molar-refractivity contribution is 6.31. The molecule has 1 heterocycles. The fourth-order valence-electron chi connectivity index (χ4n) is 1.96. The van der Waals surface area contributed by atoms with Crippen molar-refractivity contribution in [2.24, 2.45) is 0 Å². The van der Waals surface area contributed by atoms with Gasteiger partial charge in [0, 0.05) is 22.3 Å². The maximum atomic E-state index is 10.5. The summed E-state index contributed by atoms with van der Waals surface area (Å²) < 4.78 is 1.68. The van der Waals surface area contributed by atoms with E-state index in [1.54, 1.807) is 22.9 Å². The molecule has 0 spiro atoms. The maximum absolute atomic E-state index is 10.5. The molecule has 0 amide bonds. The zero-order chi connectivity index (χ0) is 14.2. The van der Waals surface area contributed by atoms with Gasteiger partial charge in [-0.15, -0.1) is 0 Å². The van der Waals surface area contributed by atoms with E-state index in [0.717, 1.165) is 0 Å². The molecule has 19 heavy (non-hydrogen) atoms. The highest BCUT2D eigenvalue weighted by Crippen LogP contribution is 2.33. The van der Waals surface area contributed by atoms with Crippen molar-refractivity contribution in [2.45, 2.75) is 26.0 Å². The van der Waals surface area contributed by atoms with Crippen molar-refractivity contribution in [1.29, 1.82) is 0 Å². The van der Waals surface area contributed by atoms with Gasteiger partial charge in [0.25, 0.3) is 0 Å². The molecule has 3 N–H and O–H groups in total. The van der Waals surface area contributed by atoms with Gasteiger partial charge >= 0.3 is 0 Å². The normalized spacial score (nSPS) is 12.9. The second-order valence-electron chi connectivity index (χ2n) is 4.59. The lowest BCUT2D eigenvalue weighted by Crippen LogP contribution is -2.13. The topological polar surface area (TPSA) is 64.1 Å². The van der Waals surface area contributed by atoms with Gasteiger partial charge in [-0.1, -0.05) is 29.3 Å². The smallest absolute Gasteiger partial charge is 0.124 e. The third-order valence-electron chi connectivity index (χ3n) is 2.88. The Hall–Kier alpha value is -1.23. The van der Waals surface area contributed by atoms with Crippen molar-refractivity contribution >= 4 is 28.9 Å². The van der Waals surface area contributed by atoms with Gasteiger partial charge in [-0.2, -0.15) is 5.10 Å². The van der Waals surface area contributed by atoms with Crippen LogP contribution >= 0.6 is 23.2 Å². The Kier molecular flexibility index (Phi) is 4.04. The van der Waals surface area contributed by atoms with E-state index in [2.05, 4.69) is 5.10 Å². The average Bonchev–Trinajstić information content (AvgIpc) is 2.70. The first kappa shape index (κ1) is 14.2. The van der Waals surface area contributed by atoms with E-state index in [-0.39, 0.29) is 6.04 Å². The van der Waals surface area contributed by atoms with E-state index in [1.165, 1.54) is 6.20 Å². The molecule has 102 valence electrons. The van der Waals surface area contributed by atoms with Crippen LogP contribution < -0.4 is 5.73 Å². The molecule has 0 bridgehead atoms. The summed E-state index contributed by atoms with van der Waals surface area (Å²) in [6, 6.07) is 5.06. The number of aliphatic hydroxyl groups is 1. The fraction of sp³-hybridized carbons (Fsp3) is 0.308. The number of aliphatic hydroxyl groups excluding tert-OH is 1. The Balaban J connectivity index is 2.49. The molecule has 0 aliphatic heterocycles. The number of anilines is 1. The first-order chi connectivity index (χ1) is 8.91. The highest BCUT2D eigenvalue weighted by Gasteiger charge is 2.22. The number of nitrogen functional groups attached to an aromatic ring is 1. The lowest BCUT2D eigenvalue weighted by molar-refractivity contribution is 0.206. The first-order valence-corrected chi connectivity index (χ1v) is 6.63. The van der Waals surface area contributed by atoms with Crippen LogP contribution in [-0.4, -0.2) is 14.9 Å². The Morgan fingerprint density at radius 2 is 2.00 bits per heavy atom. The molecule has 0 aliphatic carbocycles. The van der Waals surface area contributed by atoms with Crippen LogP contribution in [0.5, 0.6) is 0 Å². The van der Waals surface area contributed by atoms with Crippen molar-refractivity contribution in [3.8, 4) is 0 Å². The van der Waals surface area contributed by atoms with Crippen LogP contribution in [0.4, 0.5) is 5.69 Å². The number of aromatic nitrogens is 2. The summed E-state index contributed by atoms with van der Waals surface area (Å²) in [7, 11) is 0. The van der Waals surface area contributed by atoms with Crippen LogP contribution in [-0.2, 0) is 0 Å². The molecule has 2 aromatic rings. The van der Waals surface area contributed by atoms with Crippen molar-refractivity contribution < 1.29 is 5.11 Å². The third-order valence-corrected chi connectivity index (χ3v) is 3.40. The second-order valence-corrected chi connectivity index (χ2v) is 5.44. The van der Waals surface area contributed by atoms with Gasteiger partial charge in [-0.05, 0) is 26.0 Å². The molecule has 0 saturated heterocycles. The van der Waals surface area contributed by atoms with Crippen LogP contribution in [0.3, 0.4) is 0 Å². The summed E-state index contributed by atoms with van der Waals surface area (Å²) in [6.07, 6.45) is 0.585. The Bertz CT molecular complexity index is 596. The minimum atomic E-state index is -0.935. The molecule has 1 unspecified atom stereocenters. The van der Waals surface area contributed by atoms with Gasteiger partial charge in [-0.3, -0.25) is 4.68 Å². The predicted molar refractivity (Wildman–Crippen MR) is 77.5 cm³/mol. The number of benzene rings is 1. The van der Waals surface area contributed by atoms with E-state index in [4.69, 9.17) is 28.9 Å². The van der Waals surface area contributed by atoms with Crippen molar-refractivity contribution in [3.05, 3.63) is 45.7 Å². The molecule has 2 rings (SSSR count). The number of hydrogen-bond donors (Lipinski definition) is 2. The van der Waals surface area contributed by atoms with E-state index in [9.17, 15) is 5.11 Å². The molecule has 0 aliphatic rings. The van der Waals surface area contributed by atoms with Crippen molar-refractivity contribution in [1.82, 2.24) is 9.78 Å². The molecule has 4 nitrogen and oxygen atoms in total. The van der Waals surface area contributed by atoms with E-state index >= 15 is 0 Å². The van der Waals surface area contributed by atoms with Gasteiger partial charge in [0.05, 0.1) is 16.9 Å². The van der Waals surface area contributed by atoms with Crippen LogP contribution in [0.25, 0.3) is 0 Å². The van der Waals surface area contributed by atoms with E-state index < -0.39 is 6.10 Å². The van der Waals surface area contributed by atoms with Gasteiger partial charge in [0.1, 0.15) is 6.10 Å². The second kappa shape index (κ2) is 5.41. The van der Waals surface area contributed by atoms with Crippen LogP contribution in [0.15, 0.2) is 24.4 Å². The molecule has 1 aromatic heterocycles. The Labute approximate surface area is 121 Å². The molecular formula is C13H15Cl2N3O. The standard InChI is InChI=1S/C13H15Cl2N3O/c1-7(2)18-12(10(15)6-17-18)13(19)9-4-3-8(14)5-11(9)16/h3-7,13,19H,16H2,1-2H3. The van der Waals surface area contributed by atoms with Crippen LogP contribution in [0.2, 0.25) is 10.0 Å². The van der Waals surface area contributed by atoms with Crippen LogP contribution in [0, 0.1) is 0 Å². The average molecular weight is 300 g/mol. The van der Waals surface area contributed by atoms with E-state index in [0.29, 0.717) is 27.0 Å². The van der Waals surface area contributed by atoms with Crippen molar-refractivity contribution in [2.75, 3.05) is 5.73 Å². The van der Waals surface area contributed by atoms with Crippen molar-refractivity contribution in [3.63, 3.8) is 0 Å². The molecule has 0 fully saturated rings. The number of hydrogen-bond acceptors (Lipinski definition) is 3. The largest absolute Gasteiger partial charge is 0.398 e. The Morgan fingerprint density at radius 1 is 1.32 bits per heavy atom. The minimum absolute atomic E-state index is 0.0886. The molecular weight excluding hydrogens is 285 g/mol. The summed E-state index contributed by atoms with van der Waals surface area (Å²) in [6.45, 7) is 3.93. The predicted octanol–water partition coefficient (Wildman–Crippen LogP) is 3.43. The molecule has 6 heteroatoms. The summed E-state index contributed by atoms with van der Waals surface area (Å²) in [4.78, 5) is 0. The summed E-state index contributed by atoms with van der Waals surface area (Å²) in [5, 5.41) is 15.6. The number of nitrogens with two attached hydrogens (primary N) is 1. The molecule has 1 aromatic carbocycles. The van der Waals surface area contributed by atoms with E-state index in [1.807, 2.05) is 13.8 Å². The Morgan fingerprint density at radius 3 is 2.58 bits per heavy atom. The maximum Gasteiger partial charge on any atom is 0.124 e. The summed E-state index contributed by atoms with van der Waals surface area (Å²) in [5.74, 6) is 0. The number of halogens is 2. The summed E-state index contributed by atoms with van der Waals surface area (Å²) >= 11 is 12.0. The molecule has 0 radical (unpaired) electrons. The monoisotopic (exact) mass is 299 g/mol. The number of nitrogens with zero attached hydrogens (tertiary/aromatic N) is 2.